The number of methoxy groups -OCH3 is 1. The van der Waals surface area contributed by atoms with Gasteiger partial charge in [0.05, 0.1) is 19.8 Å². The second-order valence-electron chi connectivity index (χ2n) is 7.43. The zero-order valence-corrected chi connectivity index (χ0v) is 19.2. The lowest BCUT2D eigenvalue weighted by molar-refractivity contribution is 0.0536. The van der Waals surface area contributed by atoms with Crippen LogP contribution in [-0.4, -0.2) is 64.5 Å². The number of benzene rings is 1. The van der Waals surface area contributed by atoms with Crippen LogP contribution in [0.2, 0.25) is 0 Å². The van der Waals surface area contributed by atoms with Crippen molar-refractivity contribution in [1.29, 1.82) is 0 Å². The number of rotatable bonds is 8. The number of hydrogen-bond donors (Lipinski definition) is 1. The molecule has 0 aromatic heterocycles. The first-order valence-electron chi connectivity index (χ1n) is 9.25. The van der Waals surface area contributed by atoms with Gasteiger partial charge in [0.25, 0.3) is 0 Å². The fourth-order valence-corrected chi connectivity index (χ4v) is 3.29. The van der Waals surface area contributed by atoms with Gasteiger partial charge in [0.15, 0.2) is 5.96 Å². The highest BCUT2D eigenvalue weighted by Gasteiger charge is 2.28. The van der Waals surface area contributed by atoms with Crippen LogP contribution in [0.5, 0.6) is 0 Å². The van der Waals surface area contributed by atoms with Crippen LogP contribution in [0.1, 0.15) is 25.8 Å². The van der Waals surface area contributed by atoms with Crippen LogP contribution in [0.3, 0.4) is 0 Å². The third-order valence-electron chi connectivity index (χ3n) is 4.87. The number of halogens is 2. The van der Waals surface area contributed by atoms with E-state index in [0.29, 0.717) is 31.2 Å². The molecule has 0 radical (unpaired) electrons. The van der Waals surface area contributed by atoms with Crippen molar-refractivity contribution in [3.63, 3.8) is 0 Å². The van der Waals surface area contributed by atoms with Gasteiger partial charge >= 0.3 is 0 Å². The fraction of sp³-hybridized carbons (Fsp3) is 0.650. The van der Waals surface area contributed by atoms with Gasteiger partial charge in [0, 0.05) is 45.1 Å². The Morgan fingerprint density at radius 2 is 2.07 bits per heavy atom. The molecule has 27 heavy (non-hydrogen) atoms. The van der Waals surface area contributed by atoms with Crippen molar-refractivity contribution < 1.29 is 13.9 Å². The first kappa shape index (κ1) is 24.1. The maximum atomic E-state index is 14.1. The van der Waals surface area contributed by atoms with Gasteiger partial charge in [0.1, 0.15) is 5.82 Å². The van der Waals surface area contributed by atoms with Gasteiger partial charge in [-0.25, -0.2) is 4.39 Å². The van der Waals surface area contributed by atoms with E-state index >= 15 is 0 Å². The van der Waals surface area contributed by atoms with Crippen LogP contribution < -0.4 is 5.32 Å². The lowest BCUT2D eigenvalue weighted by atomic mass is 9.84. The molecule has 1 aliphatic heterocycles. The zero-order valence-electron chi connectivity index (χ0n) is 16.8. The maximum Gasteiger partial charge on any atom is 0.193 e. The average Bonchev–Trinajstić information content (AvgIpc) is 3.08. The Morgan fingerprint density at radius 1 is 1.33 bits per heavy atom. The molecule has 1 aliphatic rings. The van der Waals surface area contributed by atoms with Gasteiger partial charge in [0.2, 0.25) is 0 Å². The smallest absolute Gasteiger partial charge is 0.193 e. The monoisotopic (exact) mass is 493 g/mol. The Balaban J connectivity index is 0.00000364. The third kappa shape index (κ3) is 7.19. The largest absolute Gasteiger partial charge is 0.382 e. The van der Waals surface area contributed by atoms with E-state index in [-0.39, 0.29) is 35.2 Å². The molecule has 1 fully saturated rings. The molecule has 5 nitrogen and oxygen atoms in total. The Labute approximate surface area is 179 Å². The van der Waals surface area contributed by atoms with Gasteiger partial charge in [-0.2, -0.15) is 0 Å². The first-order valence-corrected chi connectivity index (χ1v) is 9.25. The highest BCUT2D eigenvalue weighted by Crippen LogP contribution is 2.25. The molecule has 1 aromatic carbocycles. The molecule has 1 atom stereocenters. The van der Waals surface area contributed by atoms with Crippen molar-refractivity contribution in [1.82, 2.24) is 10.2 Å². The van der Waals surface area contributed by atoms with E-state index in [1.54, 1.807) is 20.2 Å². The van der Waals surface area contributed by atoms with E-state index in [4.69, 9.17) is 9.47 Å². The summed E-state index contributed by atoms with van der Waals surface area (Å²) < 4.78 is 24.8. The molecule has 1 unspecified atom stereocenters. The number of guanidine groups is 1. The first-order chi connectivity index (χ1) is 12.5. The van der Waals surface area contributed by atoms with Crippen molar-refractivity contribution in [2.75, 3.05) is 53.6 Å². The molecule has 1 saturated heterocycles. The predicted molar refractivity (Wildman–Crippen MR) is 119 cm³/mol. The van der Waals surface area contributed by atoms with Crippen LogP contribution in [0.15, 0.2) is 29.3 Å². The minimum absolute atomic E-state index is 0. The fourth-order valence-electron chi connectivity index (χ4n) is 3.29. The standard InChI is InChI=1S/C20H32FN3O2.HI/c1-20(2,17-7-5-6-8-18(17)21)15-23-19(22-3)24-10-9-16(13-24)14-26-12-11-25-4;/h5-8,16H,9-15H2,1-4H3,(H,22,23);1H. The van der Waals surface area contributed by atoms with E-state index in [1.807, 2.05) is 26.0 Å². The van der Waals surface area contributed by atoms with Gasteiger partial charge in [-0.05, 0) is 18.1 Å². The molecule has 1 N–H and O–H groups in total. The number of nitrogens with zero attached hydrogens (tertiary/aromatic N) is 2. The number of ether oxygens (including phenoxy) is 2. The highest BCUT2D eigenvalue weighted by molar-refractivity contribution is 14.0. The lowest BCUT2D eigenvalue weighted by Crippen LogP contribution is -2.45. The molecule has 0 aliphatic carbocycles. The molecule has 7 heteroatoms. The third-order valence-corrected chi connectivity index (χ3v) is 4.87. The second-order valence-corrected chi connectivity index (χ2v) is 7.43. The summed E-state index contributed by atoms with van der Waals surface area (Å²) in [6, 6.07) is 6.97. The molecular formula is C20H33FIN3O2. The molecular weight excluding hydrogens is 460 g/mol. The molecule has 0 spiro atoms. The molecule has 0 saturated carbocycles. The van der Waals surface area contributed by atoms with Crippen molar-refractivity contribution >= 4 is 29.9 Å². The zero-order chi connectivity index (χ0) is 19.0. The van der Waals surface area contributed by atoms with E-state index in [2.05, 4.69) is 15.2 Å². The van der Waals surface area contributed by atoms with E-state index < -0.39 is 0 Å². The average molecular weight is 493 g/mol. The summed E-state index contributed by atoms with van der Waals surface area (Å²) in [6.45, 7) is 8.60. The summed E-state index contributed by atoms with van der Waals surface area (Å²) in [4.78, 5) is 6.66. The molecule has 154 valence electrons. The summed E-state index contributed by atoms with van der Waals surface area (Å²) in [6.07, 6.45) is 1.09. The summed E-state index contributed by atoms with van der Waals surface area (Å²) in [5.74, 6) is 1.21. The van der Waals surface area contributed by atoms with Crippen molar-refractivity contribution in [3.8, 4) is 0 Å². The summed E-state index contributed by atoms with van der Waals surface area (Å²) in [5, 5.41) is 3.42. The Morgan fingerprint density at radius 3 is 2.74 bits per heavy atom. The quantitative estimate of drug-likeness (QED) is 0.262. The molecule has 2 rings (SSSR count). The van der Waals surface area contributed by atoms with Gasteiger partial charge in [-0.15, -0.1) is 24.0 Å². The summed E-state index contributed by atoms with van der Waals surface area (Å²) in [7, 11) is 3.47. The topological polar surface area (TPSA) is 46.1 Å². The van der Waals surface area contributed by atoms with Crippen LogP contribution in [-0.2, 0) is 14.9 Å². The molecule has 1 heterocycles. The SMILES string of the molecule is CN=C(NCC(C)(C)c1ccccc1F)N1CCC(COCCOC)C1.I. The lowest BCUT2D eigenvalue weighted by Gasteiger charge is -2.29. The van der Waals surface area contributed by atoms with Crippen molar-refractivity contribution in [2.45, 2.75) is 25.7 Å². The van der Waals surface area contributed by atoms with E-state index in [0.717, 1.165) is 32.1 Å². The minimum Gasteiger partial charge on any atom is -0.382 e. The van der Waals surface area contributed by atoms with Crippen LogP contribution >= 0.6 is 24.0 Å². The highest BCUT2D eigenvalue weighted by atomic mass is 127. The molecule has 0 amide bonds. The second kappa shape index (κ2) is 11.8. The maximum absolute atomic E-state index is 14.1. The van der Waals surface area contributed by atoms with E-state index in [9.17, 15) is 4.39 Å². The normalized spacial score (nSPS) is 17.7. The Bertz CT molecular complexity index is 598. The van der Waals surface area contributed by atoms with Gasteiger partial charge in [-0.3, -0.25) is 4.99 Å². The number of hydrogen-bond acceptors (Lipinski definition) is 3. The number of likely N-dealkylation sites (tertiary alicyclic amines) is 1. The predicted octanol–water partition coefficient (Wildman–Crippen LogP) is 3.28. The van der Waals surface area contributed by atoms with Crippen LogP contribution in [0.4, 0.5) is 4.39 Å². The van der Waals surface area contributed by atoms with Crippen LogP contribution in [0, 0.1) is 11.7 Å². The van der Waals surface area contributed by atoms with E-state index in [1.165, 1.54) is 6.07 Å². The minimum atomic E-state index is -0.330. The van der Waals surface area contributed by atoms with Gasteiger partial charge in [-0.1, -0.05) is 32.0 Å². The van der Waals surface area contributed by atoms with Crippen molar-refractivity contribution in [2.24, 2.45) is 10.9 Å². The molecule has 0 bridgehead atoms. The van der Waals surface area contributed by atoms with Crippen molar-refractivity contribution in [3.05, 3.63) is 35.6 Å². The Kier molecular flexibility index (Phi) is 10.5. The summed E-state index contributed by atoms with van der Waals surface area (Å²) >= 11 is 0. The van der Waals surface area contributed by atoms with Gasteiger partial charge < -0.3 is 19.7 Å². The number of nitrogens with one attached hydrogen (secondary N) is 1. The molecule has 1 aromatic rings. The van der Waals surface area contributed by atoms with Crippen LogP contribution in [0.25, 0.3) is 0 Å². The Hall–Kier alpha value is -0.930. The number of aliphatic imine (C=N–C) groups is 1. The summed E-state index contributed by atoms with van der Waals surface area (Å²) in [5.41, 5.74) is 0.387.